The van der Waals surface area contributed by atoms with Gasteiger partial charge in [0.2, 0.25) is 11.2 Å². The molecular formula is C22H18Cl2N5O3S+. The number of amidine groups is 1. The maximum atomic E-state index is 13.2. The van der Waals surface area contributed by atoms with Crippen LogP contribution in [-0.2, 0) is 16.1 Å². The van der Waals surface area contributed by atoms with Crippen molar-refractivity contribution < 1.29 is 18.8 Å². The Bertz CT molecular complexity index is 1260. The summed E-state index contributed by atoms with van der Waals surface area (Å²) >= 11 is 13.5. The molecule has 4 rings (SSSR count). The van der Waals surface area contributed by atoms with Crippen LogP contribution < -0.4 is 14.9 Å². The Kier molecular flexibility index (Phi) is 7.12. The van der Waals surface area contributed by atoms with E-state index in [4.69, 9.17) is 27.7 Å². The number of halogens is 2. The second-order valence-corrected chi connectivity index (χ2v) is 8.53. The molecule has 2 heterocycles. The minimum Gasteiger partial charge on any atom is -0.288 e. The summed E-state index contributed by atoms with van der Waals surface area (Å²) in [6.45, 7) is 2.52. The maximum absolute atomic E-state index is 13.2. The lowest BCUT2D eigenvalue weighted by molar-refractivity contribution is -0.759. The standard InChI is InChI=1S/C22H17Cl2N5O3S/c1-2-28-12-19(32-27-28)26-18(30)13-33-22-25-17(11-14-7-6-10-16(23)20(14)24)21(31)29(22)15-8-4-3-5-9-15/h3-12H,2,13H2,1H3/p+1/b17-11+. The Labute approximate surface area is 203 Å². The van der Waals surface area contributed by atoms with Crippen molar-refractivity contribution in [1.29, 1.82) is 0 Å². The molecule has 2 aromatic carbocycles. The molecule has 0 unspecified atom stereocenters. The highest BCUT2D eigenvalue weighted by atomic mass is 35.5. The van der Waals surface area contributed by atoms with E-state index in [0.717, 1.165) is 11.8 Å². The number of benzene rings is 2. The summed E-state index contributed by atoms with van der Waals surface area (Å²) in [6.07, 6.45) is 3.17. The molecule has 0 spiro atoms. The second-order valence-electron chi connectivity index (χ2n) is 6.80. The number of para-hydroxylation sites is 1. The van der Waals surface area contributed by atoms with E-state index in [1.54, 1.807) is 47.3 Å². The first-order chi connectivity index (χ1) is 16.0. The number of thioether (sulfide) groups is 1. The van der Waals surface area contributed by atoms with Crippen LogP contribution in [0.15, 0.2) is 69.9 Å². The van der Waals surface area contributed by atoms with Crippen molar-refractivity contribution in [3.63, 3.8) is 0 Å². The van der Waals surface area contributed by atoms with Gasteiger partial charge in [-0.25, -0.2) is 4.99 Å². The molecule has 1 N–H and O–H groups in total. The van der Waals surface area contributed by atoms with Crippen LogP contribution in [0.25, 0.3) is 6.08 Å². The van der Waals surface area contributed by atoms with Crippen molar-refractivity contribution in [2.24, 2.45) is 4.99 Å². The van der Waals surface area contributed by atoms with E-state index in [0.29, 0.717) is 33.0 Å². The van der Waals surface area contributed by atoms with Crippen molar-refractivity contribution in [3.05, 3.63) is 76.0 Å². The Balaban J connectivity index is 1.57. The summed E-state index contributed by atoms with van der Waals surface area (Å²) in [5, 5.41) is 7.48. The lowest BCUT2D eigenvalue weighted by Crippen LogP contribution is -2.33. The predicted molar refractivity (Wildman–Crippen MR) is 129 cm³/mol. The van der Waals surface area contributed by atoms with Crippen molar-refractivity contribution in [2.45, 2.75) is 13.5 Å². The summed E-state index contributed by atoms with van der Waals surface area (Å²) in [4.78, 5) is 31.6. The molecular weight excluding hydrogens is 485 g/mol. The van der Waals surface area contributed by atoms with E-state index in [1.165, 1.54) is 4.90 Å². The van der Waals surface area contributed by atoms with E-state index >= 15 is 0 Å². The highest BCUT2D eigenvalue weighted by Gasteiger charge is 2.32. The second kappa shape index (κ2) is 10.2. The Morgan fingerprint density at radius 2 is 2.00 bits per heavy atom. The fraction of sp³-hybridized carbons (Fsp3) is 0.136. The molecule has 0 fully saturated rings. The molecule has 0 atom stereocenters. The number of carbonyl (C=O) groups excluding carboxylic acids is 2. The highest BCUT2D eigenvalue weighted by molar-refractivity contribution is 8.14. The van der Waals surface area contributed by atoms with Crippen LogP contribution >= 0.6 is 35.0 Å². The quantitative estimate of drug-likeness (QED) is 0.398. The molecule has 168 valence electrons. The van der Waals surface area contributed by atoms with Crippen LogP contribution in [0.2, 0.25) is 10.0 Å². The predicted octanol–water partition coefficient (Wildman–Crippen LogP) is 4.40. The first kappa shape index (κ1) is 23.0. The number of rotatable bonds is 6. The molecule has 11 heteroatoms. The molecule has 0 saturated carbocycles. The molecule has 3 aromatic rings. The zero-order valence-corrected chi connectivity index (χ0v) is 19.7. The van der Waals surface area contributed by atoms with Gasteiger partial charge in [-0.05, 0) is 36.8 Å². The third-order valence-electron chi connectivity index (χ3n) is 4.55. The fourth-order valence-electron chi connectivity index (χ4n) is 2.96. The number of hydrogen-bond donors (Lipinski definition) is 1. The van der Waals surface area contributed by atoms with Gasteiger partial charge >= 0.3 is 5.88 Å². The number of hydrogen-bond acceptors (Lipinski definition) is 6. The molecule has 0 saturated heterocycles. The number of amides is 2. The lowest BCUT2D eigenvalue weighted by Gasteiger charge is -2.17. The monoisotopic (exact) mass is 502 g/mol. The first-order valence-electron chi connectivity index (χ1n) is 9.89. The van der Waals surface area contributed by atoms with Gasteiger partial charge in [-0.1, -0.05) is 70.0 Å². The zero-order valence-electron chi connectivity index (χ0n) is 17.4. The van der Waals surface area contributed by atoms with Gasteiger partial charge in [0.05, 0.1) is 21.5 Å². The molecule has 8 nitrogen and oxygen atoms in total. The van der Waals surface area contributed by atoms with Gasteiger partial charge in [-0.2, -0.15) is 0 Å². The summed E-state index contributed by atoms with van der Waals surface area (Å²) in [7, 11) is 0. The summed E-state index contributed by atoms with van der Waals surface area (Å²) in [5.74, 6) is -0.409. The maximum Gasteiger partial charge on any atom is 0.302 e. The molecule has 0 radical (unpaired) electrons. The Hall–Kier alpha value is -3.14. The van der Waals surface area contributed by atoms with Crippen molar-refractivity contribution in [2.75, 3.05) is 16.0 Å². The largest absolute Gasteiger partial charge is 0.302 e. The molecule has 2 amide bonds. The first-order valence-corrected chi connectivity index (χ1v) is 11.6. The molecule has 33 heavy (non-hydrogen) atoms. The third-order valence-corrected chi connectivity index (χ3v) is 6.32. The fourth-order valence-corrected chi connectivity index (χ4v) is 4.14. The molecule has 0 aliphatic carbocycles. The smallest absolute Gasteiger partial charge is 0.288 e. The van der Waals surface area contributed by atoms with Crippen LogP contribution in [0.5, 0.6) is 0 Å². The van der Waals surface area contributed by atoms with E-state index in [1.807, 2.05) is 25.1 Å². The van der Waals surface area contributed by atoms with E-state index < -0.39 is 0 Å². The van der Waals surface area contributed by atoms with Gasteiger partial charge in [0.15, 0.2) is 11.7 Å². The van der Waals surface area contributed by atoms with Crippen LogP contribution in [0.4, 0.5) is 11.6 Å². The SMILES string of the molecule is CC[n+]1cc(NC(=O)CSC2=N/C(=C/c3cccc(Cl)c3Cl)C(=O)N2c2ccccc2)on1. The number of aromatic nitrogens is 2. The molecule has 0 bridgehead atoms. The van der Waals surface area contributed by atoms with Gasteiger partial charge in [0, 0.05) is 0 Å². The molecule has 1 aromatic heterocycles. The van der Waals surface area contributed by atoms with Gasteiger partial charge < -0.3 is 0 Å². The van der Waals surface area contributed by atoms with Gasteiger partial charge in [0.1, 0.15) is 5.70 Å². The average Bonchev–Trinajstić information content (AvgIpc) is 3.40. The number of nitrogens with one attached hydrogen (secondary N) is 1. The Morgan fingerprint density at radius 3 is 2.73 bits per heavy atom. The third kappa shape index (κ3) is 5.27. The van der Waals surface area contributed by atoms with Crippen LogP contribution in [-0.4, -0.2) is 28.0 Å². The molecule has 1 aliphatic rings. The van der Waals surface area contributed by atoms with Crippen molar-refractivity contribution >= 4 is 69.6 Å². The number of nitrogens with zero attached hydrogens (tertiary/aromatic N) is 4. The number of aryl methyl sites for hydroxylation is 1. The number of carbonyl (C=O) groups is 2. The van der Waals surface area contributed by atoms with E-state index in [-0.39, 0.29) is 29.1 Å². The van der Waals surface area contributed by atoms with Crippen LogP contribution in [0.1, 0.15) is 12.5 Å². The van der Waals surface area contributed by atoms with Gasteiger partial charge in [-0.15, -0.1) is 0 Å². The summed E-state index contributed by atoms with van der Waals surface area (Å²) < 4.78 is 6.61. The number of aliphatic imine (C=N–C) groups is 1. The van der Waals surface area contributed by atoms with Gasteiger partial charge in [-0.3, -0.25) is 24.3 Å². The van der Waals surface area contributed by atoms with Crippen LogP contribution in [0.3, 0.4) is 0 Å². The minimum absolute atomic E-state index is 0.00741. The van der Waals surface area contributed by atoms with E-state index in [2.05, 4.69) is 15.6 Å². The summed E-state index contributed by atoms with van der Waals surface area (Å²) in [5.41, 5.74) is 1.39. The molecule has 1 aliphatic heterocycles. The zero-order chi connectivity index (χ0) is 23.4. The number of anilines is 2. The average molecular weight is 503 g/mol. The Morgan fingerprint density at radius 1 is 1.21 bits per heavy atom. The minimum atomic E-state index is -0.334. The van der Waals surface area contributed by atoms with Crippen molar-refractivity contribution in [1.82, 2.24) is 5.27 Å². The van der Waals surface area contributed by atoms with Crippen LogP contribution in [0, 0.1) is 0 Å². The lowest BCUT2D eigenvalue weighted by atomic mass is 10.2. The normalized spacial score (nSPS) is 14.6. The highest BCUT2D eigenvalue weighted by Crippen LogP contribution is 2.32. The topological polar surface area (TPSA) is 91.7 Å². The van der Waals surface area contributed by atoms with E-state index in [9.17, 15) is 9.59 Å². The summed E-state index contributed by atoms with van der Waals surface area (Å²) in [6, 6.07) is 14.2. The van der Waals surface area contributed by atoms with Gasteiger partial charge in [0.25, 0.3) is 12.1 Å². The van der Waals surface area contributed by atoms with Crippen molar-refractivity contribution in [3.8, 4) is 0 Å².